The van der Waals surface area contributed by atoms with Crippen molar-refractivity contribution in [2.75, 3.05) is 13.1 Å². The average Bonchev–Trinajstić information content (AvgIpc) is 2.82. The molecule has 1 aliphatic rings. The van der Waals surface area contributed by atoms with Gasteiger partial charge in [-0.1, -0.05) is 6.58 Å². The molecule has 80 valence electrons. The molecular formula is C11H14N2OS. The molecule has 2 rings (SSSR count). The fourth-order valence-corrected chi connectivity index (χ4v) is 2.73. The van der Waals surface area contributed by atoms with Gasteiger partial charge in [-0.25, -0.2) is 0 Å². The fraction of sp³-hybridized carbons (Fsp3) is 0.455. The van der Waals surface area contributed by atoms with Crippen LogP contribution >= 0.6 is 11.3 Å². The number of aromatic nitrogens is 1. The third-order valence-corrected chi connectivity index (χ3v) is 3.77. The molecule has 0 bridgehead atoms. The maximum atomic E-state index is 11.4. The smallest absolute Gasteiger partial charge is 0.245 e. The molecule has 1 saturated heterocycles. The summed E-state index contributed by atoms with van der Waals surface area (Å²) in [5.41, 5.74) is 1.87. The molecule has 3 nitrogen and oxygen atoms in total. The summed E-state index contributed by atoms with van der Waals surface area (Å²) in [6.07, 6.45) is 5.43. The van der Waals surface area contributed by atoms with Gasteiger partial charge in [-0.05, 0) is 24.8 Å². The number of likely N-dealkylation sites (tertiary alicyclic amines) is 1. The summed E-state index contributed by atoms with van der Waals surface area (Å²) in [4.78, 5) is 18.7. The molecule has 0 N–H and O–H groups in total. The van der Waals surface area contributed by atoms with Gasteiger partial charge >= 0.3 is 0 Å². The number of carbonyl (C=O) groups excluding carboxylic acids is 1. The Balaban J connectivity index is 1.92. The highest BCUT2D eigenvalue weighted by atomic mass is 32.1. The minimum absolute atomic E-state index is 0.0535. The van der Waals surface area contributed by atoms with E-state index >= 15 is 0 Å². The molecule has 15 heavy (non-hydrogen) atoms. The Bertz CT molecular complexity index is 339. The van der Waals surface area contributed by atoms with Crippen LogP contribution in [-0.2, 0) is 4.79 Å². The number of carbonyl (C=O) groups is 1. The molecule has 0 spiro atoms. The molecule has 0 unspecified atom stereocenters. The average molecular weight is 222 g/mol. The van der Waals surface area contributed by atoms with Crippen molar-refractivity contribution in [2.45, 2.75) is 18.8 Å². The highest BCUT2D eigenvalue weighted by Crippen LogP contribution is 2.30. The second-order valence-electron chi connectivity index (χ2n) is 3.71. The first-order chi connectivity index (χ1) is 7.31. The van der Waals surface area contributed by atoms with Crippen molar-refractivity contribution in [3.63, 3.8) is 0 Å². The number of piperidine rings is 1. The van der Waals surface area contributed by atoms with Gasteiger partial charge in [-0.15, -0.1) is 11.3 Å². The van der Waals surface area contributed by atoms with Crippen LogP contribution in [0.4, 0.5) is 0 Å². The van der Waals surface area contributed by atoms with Gasteiger partial charge in [-0.3, -0.25) is 9.78 Å². The summed E-state index contributed by atoms with van der Waals surface area (Å²) >= 11 is 1.71. The lowest BCUT2D eigenvalue weighted by molar-refractivity contribution is -0.127. The highest BCUT2D eigenvalue weighted by molar-refractivity contribution is 7.09. The Morgan fingerprint density at radius 1 is 1.60 bits per heavy atom. The maximum absolute atomic E-state index is 11.4. The molecular weight excluding hydrogens is 208 g/mol. The second kappa shape index (κ2) is 4.57. The summed E-state index contributed by atoms with van der Waals surface area (Å²) in [5, 5.41) is 0. The number of rotatable bonds is 2. The van der Waals surface area contributed by atoms with Crippen LogP contribution in [0.2, 0.25) is 0 Å². The van der Waals surface area contributed by atoms with Crippen LogP contribution in [0.1, 0.15) is 23.6 Å². The van der Waals surface area contributed by atoms with Gasteiger partial charge in [0.2, 0.25) is 5.91 Å². The van der Waals surface area contributed by atoms with Gasteiger partial charge < -0.3 is 4.90 Å². The normalized spacial score (nSPS) is 17.7. The van der Waals surface area contributed by atoms with Gasteiger partial charge in [0.15, 0.2) is 0 Å². The van der Waals surface area contributed by atoms with Gasteiger partial charge in [0.1, 0.15) is 0 Å². The van der Waals surface area contributed by atoms with Gasteiger partial charge in [0.05, 0.1) is 5.51 Å². The van der Waals surface area contributed by atoms with Crippen LogP contribution in [0.3, 0.4) is 0 Å². The molecule has 4 heteroatoms. The zero-order chi connectivity index (χ0) is 10.7. The standard InChI is InChI=1S/C11H14N2OS/c1-2-11(14)13-5-3-9(4-6-13)10-7-12-8-15-10/h2,7-9H,1,3-6H2. The monoisotopic (exact) mass is 222 g/mol. The Morgan fingerprint density at radius 3 is 2.87 bits per heavy atom. The number of hydrogen-bond acceptors (Lipinski definition) is 3. The van der Waals surface area contributed by atoms with Gasteiger partial charge in [0, 0.05) is 24.2 Å². The van der Waals surface area contributed by atoms with Crippen molar-refractivity contribution in [3.8, 4) is 0 Å². The molecule has 1 amide bonds. The van der Waals surface area contributed by atoms with Crippen molar-refractivity contribution >= 4 is 17.2 Å². The summed E-state index contributed by atoms with van der Waals surface area (Å²) in [7, 11) is 0. The van der Waals surface area contributed by atoms with Crippen molar-refractivity contribution in [2.24, 2.45) is 0 Å². The van der Waals surface area contributed by atoms with Crippen molar-refractivity contribution in [1.29, 1.82) is 0 Å². The molecule has 0 saturated carbocycles. The van der Waals surface area contributed by atoms with E-state index in [-0.39, 0.29) is 5.91 Å². The highest BCUT2D eigenvalue weighted by Gasteiger charge is 2.23. The number of thiazole rings is 1. The molecule has 1 fully saturated rings. The van der Waals surface area contributed by atoms with E-state index in [4.69, 9.17) is 0 Å². The fourth-order valence-electron chi connectivity index (χ4n) is 1.94. The second-order valence-corrected chi connectivity index (χ2v) is 4.63. The molecule has 0 aromatic carbocycles. The molecule has 2 heterocycles. The lowest BCUT2D eigenvalue weighted by atomic mass is 9.96. The zero-order valence-corrected chi connectivity index (χ0v) is 9.37. The largest absolute Gasteiger partial charge is 0.339 e. The first-order valence-electron chi connectivity index (χ1n) is 5.11. The minimum atomic E-state index is 0.0535. The Labute approximate surface area is 93.4 Å². The third-order valence-electron chi connectivity index (χ3n) is 2.84. The summed E-state index contributed by atoms with van der Waals surface area (Å²) in [6, 6.07) is 0. The molecule has 1 aromatic heterocycles. The van der Waals surface area contributed by atoms with E-state index in [0.29, 0.717) is 5.92 Å². The number of nitrogens with zero attached hydrogens (tertiary/aromatic N) is 2. The summed E-state index contributed by atoms with van der Waals surface area (Å²) in [6.45, 7) is 5.19. The quantitative estimate of drug-likeness (QED) is 0.717. The van der Waals surface area contributed by atoms with Gasteiger partial charge in [0.25, 0.3) is 0 Å². The topological polar surface area (TPSA) is 33.2 Å². The molecule has 1 aliphatic heterocycles. The van der Waals surface area contributed by atoms with E-state index in [2.05, 4.69) is 11.6 Å². The molecule has 0 atom stereocenters. The summed E-state index contributed by atoms with van der Waals surface area (Å²) in [5.74, 6) is 0.643. The number of amides is 1. The predicted molar refractivity (Wildman–Crippen MR) is 60.9 cm³/mol. The first kappa shape index (κ1) is 10.4. The van der Waals surface area contributed by atoms with Crippen molar-refractivity contribution in [3.05, 3.63) is 29.2 Å². The number of hydrogen-bond donors (Lipinski definition) is 0. The van der Waals surface area contributed by atoms with E-state index in [1.165, 1.54) is 11.0 Å². The lowest BCUT2D eigenvalue weighted by Gasteiger charge is -2.30. The van der Waals surface area contributed by atoms with E-state index < -0.39 is 0 Å². The van der Waals surface area contributed by atoms with Crippen LogP contribution in [-0.4, -0.2) is 28.9 Å². The Hall–Kier alpha value is -1.16. The van der Waals surface area contributed by atoms with E-state index in [1.54, 1.807) is 11.3 Å². The molecule has 0 aliphatic carbocycles. The zero-order valence-electron chi connectivity index (χ0n) is 8.56. The Morgan fingerprint density at radius 2 is 2.33 bits per heavy atom. The van der Waals surface area contributed by atoms with Crippen LogP contribution in [0.15, 0.2) is 24.4 Å². The van der Waals surface area contributed by atoms with E-state index in [1.807, 2.05) is 16.6 Å². The van der Waals surface area contributed by atoms with Crippen molar-refractivity contribution in [1.82, 2.24) is 9.88 Å². The minimum Gasteiger partial charge on any atom is -0.339 e. The lowest BCUT2D eigenvalue weighted by Crippen LogP contribution is -2.36. The van der Waals surface area contributed by atoms with E-state index in [0.717, 1.165) is 25.9 Å². The first-order valence-corrected chi connectivity index (χ1v) is 5.99. The van der Waals surface area contributed by atoms with E-state index in [9.17, 15) is 4.79 Å². The van der Waals surface area contributed by atoms with Crippen LogP contribution < -0.4 is 0 Å². The maximum Gasteiger partial charge on any atom is 0.245 e. The SMILES string of the molecule is C=CC(=O)N1CCC(c2cncs2)CC1. The third kappa shape index (κ3) is 2.26. The van der Waals surface area contributed by atoms with Crippen LogP contribution in [0.25, 0.3) is 0 Å². The van der Waals surface area contributed by atoms with Gasteiger partial charge in [-0.2, -0.15) is 0 Å². The summed E-state index contributed by atoms with van der Waals surface area (Å²) < 4.78 is 0. The van der Waals surface area contributed by atoms with Crippen LogP contribution in [0, 0.1) is 0 Å². The Kier molecular flexibility index (Phi) is 3.16. The van der Waals surface area contributed by atoms with Crippen LogP contribution in [0.5, 0.6) is 0 Å². The predicted octanol–water partition coefficient (Wildman–Crippen LogP) is 2.04. The molecule has 1 aromatic rings. The van der Waals surface area contributed by atoms with Crippen molar-refractivity contribution < 1.29 is 4.79 Å². The molecule has 0 radical (unpaired) electrons.